The molecule has 2 fully saturated rings. The second-order valence-corrected chi connectivity index (χ2v) is 5.78. The number of likely N-dealkylation sites (tertiary alicyclic amines) is 1. The fourth-order valence-electron chi connectivity index (χ4n) is 3.30. The van der Waals surface area contributed by atoms with Gasteiger partial charge in [0, 0.05) is 32.3 Å². The normalized spacial score (nSPS) is 37.5. The highest BCUT2D eigenvalue weighted by Gasteiger charge is 2.48. The van der Waals surface area contributed by atoms with Crippen LogP contribution in [-0.4, -0.2) is 56.0 Å². The molecule has 2 aliphatic rings. The Morgan fingerprint density at radius 2 is 2.11 bits per heavy atom. The van der Waals surface area contributed by atoms with E-state index in [9.17, 15) is 0 Å². The first-order chi connectivity index (χ1) is 8.74. The molecule has 4 heteroatoms. The highest BCUT2D eigenvalue weighted by atomic mass is 16.5. The molecule has 0 aromatic heterocycles. The summed E-state index contributed by atoms with van der Waals surface area (Å²) in [6, 6.07) is 0. The summed E-state index contributed by atoms with van der Waals surface area (Å²) >= 11 is 0. The lowest BCUT2D eigenvalue weighted by atomic mass is 9.72. The summed E-state index contributed by atoms with van der Waals surface area (Å²) in [6.07, 6.45) is 6.51. The van der Waals surface area contributed by atoms with Gasteiger partial charge in [-0.15, -0.1) is 0 Å². The smallest absolute Gasteiger partial charge is 0.0702 e. The Labute approximate surface area is 111 Å². The SMILES string of the molecule is CCCOC1CCCN(C2(CN)CC(OC)C2)C1. The molecule has 0 amide bonds. The maximum atomic E-state index is 6.02. The maximum absolute atomic E-state index is 6.02. The molecule has 1 aliphatic carbocycles. The number of methoxy groups -OCH3 is 1. The van der Waals surface area contributed by atoms with Crippen molar-refractivity contribution >= 4 is 0 Å². The van der Waals surface area contributed by atoms with E-state index in [1.807, 2.05) is 0 Å². The first kappa shape index (κ1) is 14.3. The Balaban J connectivity index is 1.87. The molecule has 1 unspecified atom stereocenters. The molecule has 4 nitrogen and oxygen atoms in total. The minimum Gasteiger partial charge on any atom is -0.381 e. The number of nitrogens with two attached hydrogens (primary N) is 1. The number of piperidine rings is 1. The molecule has 0 aromatic carbocycles. The Morgan fingerprint density at radius 3 is 2.72 bits per heavy atom. The maximum Gasteiger partial charge on any atom is 0.0702 e. The number of hydrogen-bond acceptors (Lipinski definition) is 4. The molecule has 1 atom stereocenters. The highest BCUT2D eigenvalue weighted by molar-refractivity contribution is 5.05. The van der Waals surface area contributed by atoms with Gasteiger partial charge in [0.05, 0.1) is 12.2 Å². The van der Waals surface area contributed by atoms with Gasteiger partial charge in [-0.05, 0) is 38.6 Å². The molecule has 1 heterocycles. The van der Waals surface area contributed by atoms with Crippen molar-refractivity contribution in [3.05, 3.63) is 0 Å². The number of nitrogens with zero attached hydrogens (tertiary/aromatic N) is 1. The van der Waals surface area contributed by atoms with Crippen LogP contribution in [0.1, 0.15) is 39.0 Å². The van der Waals surface area contributed by atoms with E-state index < -0.39 is 0 Å². The fraction of sp³-hybridized carbons (Fsp3) is 1.00. The predicted octanol–water partition coefficient (Wildman–Crippen LogP) is 1.38. The van der Waals surface area contributed by atoms with Crippen molar-refractivity contribution in [2.45, 2.75) is 56.8 Å². The van der Waals surface area contributed by atoms with Gasteiger partial charge in [0.15, 0.2) is 0 Å². The summed E-state index contributed by atoms with van der Waals surface area (Å²) in [5.41, 5.74) is 6.21. The van der Waals surface area contributed by atoms with Gasteiger partial charge in [-0.2, -0.15) is 0 Å². The molecule has 1 saturated carbocycles. The Hall–Kier alpha value is -0.160. The van der Waals surface area contributed by atoms with Crippen LogP contribution in [-0.2, 0) is 9.47 Å². The van der Waals surface area contributed by atoms with Gasteiger partial charge in [-0.3, -0.25) is 4.90 Å². The molecule has 1 aliphatic heterocycles. The van der Waals surface area contributed by atoms with Crippen LogP contribution in [0.4, 0.5) is 0 Å². The quantitative estimate of drug-likeness (QED) is 0.780. The van der Waals surface area contributed by atoms with E-state index >= 15 is 0 Å². The second-order valence-electron chi connectivity index (χ2n) is 5.78. The summed E-state index contributed by atoms with van der Waals surface area (Å²) in [5, 5.41) is 0. The van der Waals surface area contributed by atoms with Crippen molar-refractivity contribution in [3.63, 3.8) is 0 Å². The molecule has 0 aromatic rings. The van der Waals surface area contributed by atoms with E-state index in [2.05, 4.69) is 11.8 Å². The number of rotatable bonds is 6. The average molecular weight is 256 g/mol. The monoisotopic (exact) mass is 256 g/mol. The molecule has 18 heavy (non-hydrogen) atoms. The third-order valence-corrected chi connectivity index (χ3v) is 4.54. The van der Waals surface area contributed by atoms with Gasteiger partial charge in [0.1, 0.15) is 0 Å². The minimum absolute atomic E-state index is 0.189. The van der Waals surface area contributed by atoms with Gasteiger partial charge >= 0.3 is 0 Å². The van der Waals surface area contributed by atoms with E-state index in [-0.39, 0.29) is 5.54 Å². The first-order valence-corrected chi connectivity index (χ1v) is 7.33. The summed E-state index contributed by atoms with van der Waals surface area (Å²) in [4.78, 5) is 2.56. The van der Waals surface area contributed by atoms with Crippen molar-refractivity contribution in [2.75, 3.05) is 33.4 Å². The lowest BCUT2D eigenvalue weighted by Crippen LogP contribution is -2.66. The molecule has 0 radical (unpaired) electrons. The van der Waals surface area contributed by atoms with E-state index in [0.29, 0.717) is 12.2 Å². The highest BCUT2D eigenvalue weighted by Crippen LogP contribution is 2.40. The van der Waals surface area contributed by atoms with Crippen molar-refractivity contribution in [1.82, 2.24) is 4.90 Å². The van der Waals surface area contributed by atoms with Crippen LogP contribution in [0.15, 0.2) is 0 Å². The van der Waals surface area contributed by atoms with Crippen LogP contribution in [0, 0.1) is 0 Å². The molecule has 0 spiro atoms. The van der Waals surface area contributed by atoms with Crippen LogP contribution in [0.2, 0.25) is 0 Å². The summed E-state index contributed by atoms with van der Waals surface area (Å²) < 4.78 is 11.3. The van der Waals surface area contributed by atoms with Gasteiger partial charge in [-0.1, -0.05) is 6.92 Å². The first-order valence-electron chi connectivity index (χ1n) is 7.33. The van der Waals surface area contributed by atoms with Crippen LogP contribution in [0.5, 0.6) is 0 Å². The fourth-order valence-corrected chi connectivity index (χ4v) is 3.30. The lowest BCUT2D eigenvalue weighted by Gasteiger charge is -2.55. The molecule has 0 bridgehead atoms. The van der Waals surface area contributed by atoms with E-state index in [0.717, 1.165) is 39.0 Å². The largest absolute Gasteiger partial charge is 0.381 e. The second kappa shape index (κ2) is 6.33. The van der Waals surface area contributed by atoms with Crippen molar-refractivity contribution in [1.29, 1.82) is 0 Å². The van der Waals surface area contributed by atoms with Crippen LogP contribution in [0.25, 0.3) is 0 Å². The topological polar surface area (TPSA) is 47.7 Å². The Kier molecular flexibility index (Phi) is 5.01. The standard InChI is InChI=1S/C14H28N2O2/c1-3-7-18-12-5-4-6-16(10-12)14(11-15)8-13(9-14)17-2/h12-13H,3-11,15H2,1-2H3. The van der Waals surface area contributed by atoms with Crippen LogP contribution < -0.4 is 5.73 Å². The van der Waals surface area contributed by atoms with Gasteiger partial charge < -0.3 is 15.2 Å². The zero-order valence-electron chi connectivity index (χ0n) is 11.9. The van der Waals surface area contributed by atoms with E-state index in [4.69, 9.17) is 15.2 Å². The molecule has 2 N–H and O–H groups in total. The molecule has 1 saturated heterocycles. The Bertz CT molecular complexity index is 254. The zero-order chi connectivity index (χ0) is 13.0. The van der Waals surface area contributed by atoms with Crippen molar-refractivity contribution in [3.8, 4) is 0 Å². The molecule has 106 valence electrons. The summed E-state index contributed by atoms with van der Waals surface area (Å²) in [5.74, 6) is 0. The Morgan fingerprint density at radius 1 is 1.33 bits per heavy atom. The third-order valence-electron chi connectivity index (χ3n) is 4.54. The van der Waals surface area contributed by atoms with Crippen LogP contribution >= 0.6 is 0 Å². The molecular formula is C14H28N2O2. The van der Waals surface area contributed by atoms with E-state index in [1.54, 1.807) is 7.11 Å². The third kappa shape index (κ3) is 2.87. The predicted molar refractivity (Wildman–Crippen MR) is 72.7 cm³/mol. The summed E-state index contributed by atoms with van der Waals surface area (Å²) in [6.45, 7) is 6.01. The average Bonchev–Trinajstić information content (AvgIpc) is 2.37. The lowest BCUT2D eigenvalue weighted by molar-refractivity contribution is -0.115. The zero-order valence-corrected chi connectivity index (χ0v) is 11.9. The number of ether oxygens (including phenoxy) is 2. The molecule has 2 rings (SSSR count). The minimum atomic E-state index is 0.189. The number of hydrogen-bond donors (Lipinski definition) is 1. The molecular weight excluding hydrogens is 228 g/mol. The van der Waals surface area contributed by atoms with Gasteiger partial charge in [0.25, 0.3) is 0 Å². The van der Waals surface area contributed by atoms with Crippen LogP contribution in [0.3, 0.4) is 0 Å². The van der Waals surface area contributed by atoms with Crippen molar-refractivity contribution < 1.29 is 9.47 Å². The van der Waals surface area contributed by atoms with Crippen molar-refractivity contribution in [2.24, 2.45) is 5.73 Å². The van der Waals surface area contributed by atoms with E-state index in [1.165, 1.54) is 19.4 Å². The summed E-state index contributed by atoms with van der Waals surface area (Å²) in [7, 11) is 1.80. The van der Waals surface area contributed by atoms with Gasteiger partial charge in [-0.25, -0.2) is 0 Å². The van der Waals surface area contributed by atoms with Gasteiger partial charge in [0.2, 0.25) is 0 Å².